The second kappa shape index (κ2) is 4.40. The Kier molecular flexibility index (Phi) is 3.44. The van der Waals surface area contributed by atoms with E-state index in [0.29, 0.717) is 0 Å². The minimum absolute atomic E-state index is 0.398. The van der Waals surface area contributed by atoms with Crippen molar-refractivity contribution in [1.29, 1.82) is 0 Å². The van der Waals surface area contributed by atoms with Crippen LogP contribution in [0.15, 0.2) is 43.0 Å². The van der Waals surface area contributed by atoms with Gasteiger partial charge in [-0.2, -0.15) is 0 Å². The fourth-order valence-electron chi connectivity index (χ4n) is 1.50. The van der Waals surface area contributed by atoms with Crippen LogP contribution in [0, 0.1) is 0 Å². The van der Waals surface area contributed by atoms with Crippen LogP contribution >= 0.6 is 0 Å². The van der Waals surface area contributed by atoms with Gasteiger partial charge in [-0.25, -0.2) is 0 Å². The lowest BCUT2D eigenvalue weighted by atomic mass is 9.90. The van der Waals surface area contributed by atoms with Gasteiger partial charge in [0, 0.05) is 7.11 Å². The van der Waals surface area contributed by atoms with Crippen LogP contribution < -0.4 is 0 Å². The van der Waals surface area contributed by atoms with Crippen molar-refractivity contribution in [3.63, 3.8) is 0 Å². The molecule has 76 valence electrons. The van der Waals surface area contributed by atoms with Crippen LogP contribution in [-0.4, -0.2) is 18.3 Å². The van der Waals surface area contributed by atoms with E-state index < -0.39 is 11.7 Å². The third kappa shape index (κ3) is 2.03. The van der Waals surface area contributed by atoms with Crippen LogP contribution in [0.5, 0.6) is 0 Å². The molecule has 0 saturated carbocycles. The summed E-state index contributed by atoms with van der Waals surface area (Å²) in [6, 6.07) is 9.43. The fraction of sp³-hybridized carbons (Fsp3) is 0.333. The first-order chi connectivity index (χ1) is 6.62. The molecular formula is C12H16O2. The molecule has 0 fully saturated rings. The zero-order valence-corrected chi connectivity index (χ0v) is 8.60. The molecule has 0 spiro atoms. The largest absolute Gasteiger partial charge is 0.382 e. The molecule has 0 aliphatic carbocycles. The summed E-state index contributed by atoms with van der Waals surface area (Å²) >= 11 is 0. The first kappa shape index (κ1) is 11.0. The number of hydrogen-bond donors (Lipinski definition) is 1. The second-order valence-corrected chi connectivity index (χ2v) is 3.41. The van der Waals surface area contributed by atoms with Gasteiger partial charge in [-0.1, -0.05) is 36.4 Å². The molecule has 0 amide bonds. The molecule has 1 aromatic rings. The van der Waals surface area contributed by atoms with E-state index in [1.54, 1.807) is 20.1 Å². The van der Waals surface area contributed by atoms with Crippen molar-refractivity contribution in [3.05, 3.63) is 48.6 Å². The summed E-state index contributed by atoms with van der Waals surface area (Å²) in [5.74, 6) is 0. The molecule has 1 rings (SSSR count). The van der Waals surface area contributed by atoms with E-state index in [4.69, 9.17) is 4.74 Å². The number of hydrogen-bond acceptors (Lipinski definition) is 2. The number of rotatable bonds is 4. The number of methoxy groups -OCH3 is 1. The van der Waals surface area contributed by atoms with Crippen molar-refractivity contribution in [3.8, 4) is 0 Å². The van der Waals surface area contributed by atoms with E-state index in [0.717, 1.165) is 5.56 Å². The van der Waals surface area contributed by atoms with Gasteiger partial charge in [-0.15, -0.1) is 6.58 Å². The van der Waals surface area contributed by atoms with Crippen LogP contribution in [0.1, 0.15) is 12.5 Å². The van der Waals surface area contributed by atoms with E-state index >= 15 is 0 Å². The van der Waals surface area contributed by atoms with Crippen LogP contribution in [0.2, 0.25) is 0 Å². The van der Waals surface area contributed by atoms with E-state index in [1.165, 1.54) is 0 Å². The molecule has 2 nitrogen and oxygen atoms in total. The normalized spacial score (nSPS) is 17.1. The van der Waals surface area contributed by atoms with E-state index in [-0.39, 0.29) is 0 Å². The van der Waals surface area contributed by atoms with E-state index in [9.17, 15) is 5.11 Å². The van der Waals surface area contributed by atoms with Crippen LogP contribution in [0.3, 0.4) is 0 Å². The minimum atomic E-state index is -1.03. The van der Waals surface area contributed by atoms with E-state index in [1.807, 2.05) is 30.3 Å². The summed E-state index contributed by atoms with van der Waals surface area (Å²) in [5, 5.41) is 10.2. The Morgan fingerprint density at radius 3 is 2.43 bits per heavy atom. The van der Waals surface area contributed by atoms with Crippen molar-refractivity contribution >= 4 is 0 Å². The van der Waals surface area contributed by atoms with Crippen molar-refractivity contribution in [2.24, 2.45) is 0 Å². The van der Waals surface area contributed by atoms with Gasteiger partial charge in [-0.3, -0.25) is 0 Å². The predicted molar refractivity (Wildman–Crippen MR) is 57.0 cm³/mol. The standard InChI is InChI=1S/C12H16O2/c1-4-11(14-3)12(2,13)10-8-6-5-7-9-10/h4-9,11,13H,1H2,2-3H3/t11-,12+/m0/s1. The molecule has 0 aromatic heterocycles. The molecule has 0 unspecified atom stereocenters. The lowest BCUT2D eigenvalue weighted by Crippen LogP contribution is -2.36. The maximum atomic E-state index is 10.2. The van der Waals surface area contributed by atoms with Crippen LogP contribution in [0.25, 0.3) is 0 Å². The summed E-state index contributed by atoms with van der Waals surface area (Å²) in [4.78, 5) is 0. The average molecular weight is 192 g/mol. The number of benzene rings is 1. The van der Waals surface area contributed by atoms with Crippen molar-refractivity contribution in [2.75, 3.05) is 7.11 Å². The maximum Gasteiger partial charge on any atom is 0.116 e. The molecule has 1 N–H and O–H groups in total. The van der Waals surface area contributed by atoms with Gasteiger partial charge >= 0.3 is 0 Å². The van der Waals surface area contributed by atoms with Crippen LogP contribution in [-0.2, 0) is 10.3 Å². The van der Waals surface area contributed by atoms with Gasteiger partial charge < -0.3 is 9.84 Å². The predicted octanol–water partition coefficient (Wildman–Crippen LogP) is 2.10. The SMILES string of the molecule is C=C[C@H](OC)[C@](C)(O)c1ccccc1. The summed E-state index contributed by atoms with van der Waals surface area (Å²) in [7, 11) is 1.56. The molecule has 0 aliphatic rings. The maximum absolute atomic E-state index is 10.2. The third-order valence-electron chi connectivity index (χ3n) is 2.38. The van der Waals surface area contributed by atoms with Gasteiger partial charge in [-0.05, 0) is 12.5 Å². The molecular weight excluding hydrogens is 176 g/mol. The molecule has 0 aliphatic heterocycles. The van der Waals surface area contributed by atoms with Crippen LogP contribution in [0.4, 0.5) is 0 Å². The highest BCUT2D eigenvalue weighted by molar-refractivity contribution is 5.24. The molecule has 2 heteroatoms. The molecule has 0 heterocycles. The summed E-state index contributed by atoms with van der Waals surface area (Å²) < 4.78 is 5.15. The lowest BCUT2D eigenvalue weighted by molar-refractivity contribution is -0.0622. The Morgan fingerprint density at radius 1 is 1.43 bits per heavy atom. The first-order valence-electron chi connectivity index (χ1n) is 4.56. The number of aliphatic hydroxyl groups is 1. The third-order valence-corrected chi connectivity index (χ3v) is 2.38. The monoisotopic (exact) mass is 192 g/mol. The highest BCUT2D eigenvalue weighted by Crippen LogP contribution is 2.26. The zero-order valence-electron chi connectivity index (χ0n) is 8.60. The summed E-state index contributed by atoms with van der Waals surface area (Å²) in [5.41, 5.74) is -0.204. The average Bonchev–Trinajstić information content (AvgIpc) is 2.20. The lowest BCUT2D eigenvalue weighted by Gasteiger charge is -2.30. The first-order valence-corrected chi connectivity index (χ1v) is 4.56. The van der Waals surface area contributed by atoms with Gasteiger partial charge in [0.15, 0.2) is 0 Å². The Balaban J connectivity index is 3.00. The zero-order chi connectivity index (χ0) is 10.6. The second-order valence-electron chi connectivity index (χ2n) is 3.41. The molecule has 1 aromatic carbocycles. The summed E-state index contributed by atoms with van der Waals surface area (Å²) in [6.45, 7) is 5.36. The van der Waals surface area contributed by atoms with Gasteiger partial charge in [0.05, 0.1) is 0 Å². The Morgan fingerprint density at radius 2 is 2.00 bits per heavy atom. The summed E-state index contributed by atoms with van der Waals surface area (Å²) in [6.07, 6.45) is 1.21. The van der Waals surface area contributed by atoms with Crippen molar-refractivity contribution < 1.29 is 9.84 Å². The van der Waals surface area contributed by atoms with Gasteiger partial charge in [0.1, 0.15) is 11.7 Å². The molecule has 0 saturated heterocycles. The molecule has 2 atom stereocenters. The Hall–Kier alpha value is -1.12. The topological polar surface area (TPSA) is 29.5 Å². The molecule has 0 bridgehead atoms. The quantitative estimate of drug-likeness (QED) is 0.740. The minimum Gasteiger partial charge on any atom is -0.382 e. The number of ether oxygens (including phenoxy) is 1. The highest BCUT2D eigenvalue weighted by atomic mass is 16.5. The van der Waals surface area contributed by atoms with Gasteiger partial charge in [0.25, 0.3) is 0 Å². The molecule has 0 radical (unpaired) electrons. The Bertz CT molecular complexity index is 290. The van der Waals surface area contributed by atoms with Crippen molar-refractivity contribution in [2.45, 2.75) is 18.6 Å². The fourth-order valence-corrected chi connectivity index (χ4v) is 1.50. The van der Waals surface area contributed by atoms with E-state index in [2.05, 4.69) is 6.58 Å². The molecule has 14 heavy (non-hydrogen) atoms. The highest BCUT2D eigenvalue weighted by Gasteiger charge is 2.31. The smallest absolute Gasteiger partial charge is 0.116 e. The Labute approximate surface area is 84.8 Å². The van der Waals surface area contributed by atoms with Gasteiger partial charge in [0.2, 0.25) is 0 Å². The van der Waals surface area contributed by atoms with Crippen molar-refractivity contribution in [1.82, 2.24) is 0 Å².